The summed E-state index contributed by atoms with van der Waals surface area (Å²) in [7, 11) is 0. The summed E-state index contributed by atoms with van der Waals surface area (Å²) >= 11 is 0. The molecule has 1 saturated heterocycles. The van der Waals surface area contributed by atoms with E-state index in [1.165, 1.54) is 6.42 Å². The van der Waals surface area contributed by atoms with Crippen molar-refractivity contribution in [1.29, 1.82) is 0 Å². The van der Waals surface area contributed by atoms with Gasteiger partial charge in [0.05, 0.1) is 0 Å². The number of primary amides is 1. The van der Waals surface area contributed by atoms with Crippen molar-refractivity contribution >= 4 is 23.8 Å². The maximum Gasteiger partial charge on any atom is 0.408 e. The van der Waals surface area contributed by atoms with E-state index in [0.717, 1.165) is 31.2 Å². The van der Waals surface area contributed by atoms with Crippen molar-refractivity contribution in [2.24, 2.45) is 17.6 Å². The molecule has 180 valence electrons. The number of hydrogen-bond acceptors (Lipinski definition) is 5. The standard InChI is InChI=1S/C24H34N4O5/c25-21(29)19(14-18-11-12-26-22(18)30)27-23(31)20(13-16-7-3-1-4-8-16)28-24(32)33-15-17-9-5-2-6-10-17/h2,5-6,9-10,16,18-20H,1,3-4,7-8,11-15H2,(H2,25,29)(H,26,30)(H,27,31)(H,28,32)/t18-,19-,20-/m0/s1. The fourth-order valence-electron chi connectivity index (χ4n) is 4.57. The van der Waals surface area contributed by atoms with Gasteiger partial charge in [-0.2, -0.15) is 0 Å². The van der Waals surface area contributed by atoms with E-state index in [-0.39, 0.29) is 24.9 Å². The lowest BCUT2D eigenvalue weighted by Gasteiger charge is -2.28. The van der Waals surface area contributed by atoms with Crippen molar-refractivity contribution in [2.75, 3.05) is 6.54 Å². The summed E-state index contributed by atoms with van der Waals surface area (Å²) in [6.07, 6.45) is 5.85. The van der Waals surface area contributed by atoms with E-state index in [1.807, 2.05) is 30.3 Å². The molecule has 1 aromatic rings. The molecule has 1 saturated carbocycles. The molecular weight excluding hydrogens is 424 g/mol. The molecule has 0 aromatic heterocycles. The van der Waals surface area contributed by atoms with Gasteiger partial charge in [0.25, 0.3) is 0 Å². The van der Waals surface area contributed by atoms with E-state index < -0.39 is 30.0 Å². The van der Waals surface area contributed by atoms with Crippen LogP contribution in [0.1, 0.15) is 56.9 Å². The van der Waals surface area contributed by atoms with Gasteiger partial charge >= 0.3 is 6.09 Å². The number of benzene rings is 1. The van der Waals surface area contributed by atoms with Crippen molar-refractivity contribution in [3.05, 3.63) is 35.9 Å². The molecule has 5 N–H and O–H groups in total. The minimum absolute atomic E-state index is 0.0884. The Bertz CT molecular complexity index is 825. The molecular formula is C24H34N4O5. The fraction of sp³-hybridized carbons (Fsp3) is 0.583. The Morgan fingerprint density at radius 1 is 1.00 bits per heavy atom. The van der Waals surface area contributed by atoms with Crippen LogP contribution in [0.15, 0.2) is 30.3 Å². The number of amides is 4. The Balaban J connectivity index is 1.61. The van der Waals surface area contributed by atoms with Crippen LogP contribution in [0.4, 0.5) is 4.79 Å². The van der Waals surface area contributed by atoms with Crippen LogP contribution >= 0.6 is 0 Å². The van der Waals surface area contributed by atoms with Crippen LogP contribution < -0.4 is 21.7 Å². The molecule has 0 radical (unpaired) electrons. The van der Waals surface area contributed by atoms with Gasteiger partial charge in [0, 0.05) is 12.5 Å². The summed E-state index contributed by atoms with van der Waals surface area (Å²) in [4.78, 5) is 49.5. The lowest BCUT2D eigenvalue weighted by atomic mass is 9.84. The molecule has 1 aromatic carbocycles. The van der Waals surface area contributed by atoms with Crippen LogP contribution in [-0.2, 0) is 25.7 Å². The predicted octanol–water partition coefficient (Wildman–Crippen LogP) is 1.75. The zero-order chi connectivity index (χ0) is 23.6. The molecule has 0 unspecified atom stereocenters. The topological polar surface area (TPSA) is 140 Å². The van der Waals surface area contributed by atoms with Gasteiger partial charge in [-0.05, 0) is 30.7 Å². The van der Waals surface area contributed by atoms with Gasteiger partial charge in [0.2, 0.25) is 17.7 Å². The highest BCUT2D eigenvalue weighted by Crippen LogP contribution is 2.27. The molecule has 0 bridgehead atoms. The summed E-state index contributed by atoms with van der Waals surface area (Å²) in [6, 6.07) is 7.43. The zero-order valence-corrected chi connectivity index (χ0v) is 18.9. The zero-order valence-electron chi connectivity index (χ0n) is 18.9. The van der Waals surface area contributed by atoms with Gasteiger partial charge in [0.15, 0.2) is 0 Å². The molecule has 1 aliphatic carbocycles. The number of nitrogens with one attached hydrogen (secondary N) is 3. The minimum atomic E-state index is -0.984. The molecule has 3 rings (SSSR count). The number of ether oxygens (including phenoxy) is 1. The summed E-state index contributed by atoms with van der Waals surface area (Å²) in [5.74, 6) is -1.40. The Kier molecular flexibility index (Phi) is 9.09. The number of nitrogens with two attached hydrogens (primary N) is 1. The Hall–Kier alpha value is -3.10. The highest BCUT2D eigenvalue weighted by atomic mass is 16.5. The van der Waals surface area contributed by atoms with Crippen LogP contribution in [0.25, 0.3) is 0 Å². The number of hydrogen-bond donors (Lipinski definition) is 4. The summed E-state index contributed by atoms with van der Waals surface area (Å²) in [5.41, 5.74) is 6.35. The van der Waals surface area contributed by atoms with Crippen molar-refractivity contribution in [1.82, 2.24) is 16.0 Å². The van der Waals surface area contributed by atoms with Crippen molar-refractivity contribution in [3.63, 3.8) is 0 Å². The molecule has 33 heavy (non-hydrogen) atoms. The van der Waals surface area contributed by atoms with Crippen molar-refractivity contribution < 1.29 is 23.9 Å². The van der Waals surface area contributed by atoms with Crippen LogP contribution in [-0.4, -0.2) is 42.4 Å². The van der Waals surface area contributed by atoms with Gasteiger partial charge in [-0.25, -0.2) is 4.79 Å². The molecule has 2 aliphatic rings. The second-order valence-corrected chi connectivity index (χ2v) is 8.97. The summed E-state index contributed by atoms with van der Waals surface area (Å²) < 4.78 is 5.30. The number of carbonyl (C=O) groups excluding carboxylic acids is 4. The third-order valence-corrected chi connectivity index (χ3v) is 6.46. The molecule has 1 aliphatic heterocycles. The Morgan fingerprint density at radius 3 is 2.36 bits per heavy atom. The third kappa shape index (κ3) is 7.76. The van der Waals surface area contributed by atoms with Crippen LogP contribution in [0.2, 0.25) is 0 Å². The average molecular weight is 459 g/mol. The lowest BCUT2D eigenvalue weighted by molar-refractivity contribution is -0.130. The fourth-order valence-corrected chi connectivity index (χ4v) is 4.57. The smallest absolute Gasteiger partial charge is 0.408 e. The first kappa shape index (κ1) is 24.5. The highest BCUT2D eigenvalue weighted by molar-refractivity contribution is 5.91. The average Bonchev–Trinajstić information content (AvgIpc) is 3.22. The van der Waals surface area contributed by atoms with E-state index in [0.29, 0.717) is 25.3 Å². The maximum atomic E-state index is 13.1. The van der Waals surface area contributed by atoms with E-state index >= 15 is 0 Å². The molecule has 9 heteroatoms. The summed E-state index contributed by atoms with van der Waals surface area (Å²) in [5, 5.41) is 8.07. The first-order valence-corrected chi connectivity index (χ1v) is 11.8. The molecule has 2 fully saturated rings. The number of carbonyl (C=O) groups is 4. The van der Waals surface area contributed by atoms with Crippen molar-refractivity contribution in [2.45, 2.75) is 70.1 Å². The predicted molar refractivity (Wildman–Crippen MR) is 122 cm³/mol. The Morgan fingerprint density at radius 2 is 1.73 bits per heavy atom. The first-order chi connectivity index (χ1) is 15.9. The molecule has 9 nitrogen and oxygen atoms in total. The number of rotatable bonds is 10. The summed E-state index contributed by atoms with van der Waals surface area (Å²) in [6.45, 7) is 0.632. The van der Waals surface area contributed by atoms with Gasteiger partial charge in [-0.3, -0.25) is 14.4 Å². The van der Waals surface area contributed by atoms with E-state index in [1.54, 1.807) is 0 Å². The number of alkyl carbamates (subject to hydrolysis) is 1. The lowest BCUT2D eigenvalue weighted by Crippen LogP contribution is -2.54. The molecule has 0 spiro atoms. The van der Waals surface area contributed by atoms with Crippen LogP contribution in [0.3, 0.4) is 0 Å². The maximum absolute atomic E-state index is 13.1. The monoisotopic (exact) mass is 458 g/mol. The van der Waals surface area contributed by atoms with Crippen LogP contribution in [0, 0.1) is 11.8 Å². The van der Waals surface area contributed by atoms with E-state index in [4.69, 9.17) is 10.5 Å². The van der Waals surface area contributed by atoms with E-state index in [9.17, 15) is 19.2 Å². The molecule has 4 amide bonds. The highest BCUT2D eigenvalue weighted by Gasteiger charge is 2.33. The SMILES string of the molecule is NC(=O)[C@H](C[C@@H]1CCNC1=O)NC(=O)[C@H](CC1CCCCC1)NC(=O)OCc1ccccc1. The van der Waals surface area contributed by atoms with E-state index in [2.05, 4.69) is 16.0 Å². The second-order valence-electron chi connectivity index (χ2n) is 8.97. The minimum Gasteiger partial charge on any atom is -0.445 e. The van der Waals surface area contributed by atoms with Gasteiger partial charge in [-0.1, -0.05) is 62.4 Å². The Labute approximate surface area is 194 Å². The van der Waals surface area contributed by atoms with Crippen molar-refractivity contribution in [3.8, 4) is 0 Å². The second kappa shape index (κ2) is 12.2. The van der Waals surface area contributed by atoms with Crippen LogP contribution in [0.5, 0.6) is 0 Å². The van der Waals surface area contributed by atoms with Gasteiger partial charge in [-0.15, -0.1) is 0 Å². The van der Waals surface area contributed by atoms with Gasteiger partial charge in [0.1, 0.15) is 18.7 Å². The van der Waals surface area contributed by atoms with Gasteiger partial charge < -0.3 is 26.4 Å². The molecule has 1 heterocycles. The largest absolute Gasteiger partial charge is 0.445 e. The normalized spacial score (nSPS) is 20.4. The third-order valence-electron chi connectivity index (χ3n) is 6.46. The molecule has 3 atom stereocenters. The quantitative estimate of drug-likeness (QED) is 0.423. The first-order valence-electron chi connectivity index (χ1n) is 11.8.